The van der Waals surface area contributed by atoms with Crippen molar-refractivity contribution in [2.75, 3.05) is 18.0 Å². The first-order valence-electron chi connectivity index (χ1n) is 7.40. The molecule has 106 valence electrons. The van der Waals surface area contributed by atoms with Crippen molar-refractivity contribution in [1.29, 1.82) is 0 Å². The molecule has 0 saturated carbocycles. The molecule has 0 amide bonds. The third kappa shape index (κ3) is 2.62. The van der Waals surface area contributed by atoms with E-state index in [1.807, 2.05) is 12.1 Å². The summed E-state index contributed by atoms with van der Waals surface area (Å²) in [7, 11) is 0. The number of fused-ring (bicyclic) bond motifs is 1. The standard InChI is InChI=1S/C17H21ClN2/c1-11-6-12(2)10-20(9-11)17-7-13(3)15-5-4-14(18)8-16(15)19-17/h4-5,7-8,11-12H,6,9-10H2,1-3H3/p+1/t11-,12-/m0/s1. The van der Waals surface area contributed by atoms with Crippen LogP contribution in [0.2, 0.25) is 5.02 Å². The van der Waals surface area contributed by atoms with Crippen LogP contribution < -0.4 is 9.88 Å². The van der Waals surface area contributed by atoms with E-state index in [4.69, 9.17) is 11.6 Å². The molecule has 0 bridgehead atoms. The van der Waals surface area contributed by atoms with E-state index in [1.54, 1.807) is 0 Å². The van der Waals surface area contributed by atoms with Gasteiger partial charge >= 0.3 is 0 Å². The summed E-state index contributed by atoms with van der Waals surface area (Å²) in [6, 6.07) is 8.33. The summed E-state index contributed by atoms with van der Waals surface area (Å²) in [5.41, 5.74) is 2.43. The Balaban J connectivity index is 2.03. The first-order valence-corrected chi connectivity index (χ1v) is 7.78. The lowest BCUT2D eigenvalue weighted by Crippen LogP contribution is -2.41. The van der Waals surface area contributed by atoms with E-state index in [1.165, 1.54) is 23.2 Å². The van der Waals surface area contributed by atoms with E-state index in [0.29, 0.717) is 0 Å². The number of nitrogens with one attached hydrogen (secondary N) is 1. The summed E-state index contributed by atoms with van der Waals surface area (Å²) in [4.78, 5) is 6.04. The quantitative estimate of drug-likeness (QED) is 0.773. The van der Waals surface area contributed by atoms with Crippen molar-refractivity contribution in [2.45, 2.75) is 27.2 Å². The highest BCUT2D eigenvalue weighted by molar-refractivity contribution is 6.31. The van der Waals surface area contributed by atoms with Gasteiger partial charge in [0.05, 0.1) is 13.1 Å². The molecule has 2 nitrogen and oxygen atoms in total. The molecule has 1 saturated heterocycles. The Morgan fingerprint density at radius 2 is 1.85 bits per heavy atom. The second-order valence-electron chi connectivity index (χ2n) is 6.38. The largest absolute Gasteiger partial charge is 0.275 e. The van der Waals surface area contributed by atoms with Gasteiger partial charge in [-0.25, -0.2) is 4.98 Å². The van der Waals surface area contributed by atoms with E-state index in [2.05, 4.69) is 42.8 Å². The molecule has 0 aliphatic carbocycles. The Morgan fingerprint density at radius 1 is 1.15 bits per heavy atom. The highest BCUT2D eigenvalue weighted by Gasteiger charge is 2.28. The first kappa shape index (κ1) is 13.7. The molecule has 2 atom stereocenters. The van der Waals surface area contributed by atoms with Crippen molar-refractivity contribution in [1.82, 2.24) is 0 Å². The number of H-pyrrole nitrogens is 1. The van der Waals surface area contributed by atoms with Crippen LogP contribution in [0.5, 0.6) is 0 Å². The van der Waals surface area contributed by atoms with Crippen LogP contribution in [0.1, 0.15) is 25.8 Å². The number of benzene rings is 1. The minimum Gasteiger partial charge on any atom is -0.261 e. The molecule has 0 unspecified atom stereocenters. The number of anilines is 1. The molecular weight excluding hydrogens is 268 g/mol. The van der Waals surface area contributed by atoms with E-state index < -0.39 is 0 Å². The lowest BCUT2D eigenvalue weighted by Gasteiger charge is -2.30. The zero-order valence-electron chi connectivity index (χ0n) is 12.4. The predicted octanol–water partition coefficient (Wildman–Crippen LogP) is 4.10. The van der Waals surface area contributed by atoms with E-state index in [9.17, 15) is 0 Å². The fraction of sp³-hybridized carbons (Fsp3) is 0.471. The van der Waals surface area contributed by atoms with Crippen molar-refractivity contribution < 1.29 is 4.98 Å². The van der Waals surface area contributed by atoms with E-state index in [0.717, 1.165) is 35.5 Å². The molecule has 1 fully saturated rings. The number of aryl methyl sites for hydroxylation is 1. The third-order valence-electron chi connectivity index (χ3n) is 4.23. The van der Waals surface area contributed by atoms with Crippen LogP contribution >= 0.6 is 11.6 Å². The molecule has 2 aromatic rings. The van der Waals surface area contributed by atoms with Gasteiger partial charge in [0.1, 0.15) is 5.52 Å². The molecule has 3 rings (SSSR count). The fourth-order valence-electron chi connectivity index (χ4n) is 3.45. The van der Waals surface area contributed by atoms with Gasteiger partial charge in [-0.05, 0) is 42.9 Å². The van der Waals surface area contributed by atoms with Gasteiger partial charge in [0, 0.05) is 22.5 Å². The summed E-state index contributed by atoms with van der Waals surface area (Å²) >= 11 is 6.12. The van der Waals surface area contributed by atoms with Gasteiger partial charge in [0.2, 0.25) is 0 Å². The van der Waals surface area contributed by atoms with Crippen LogP contribution in [-0.2, 0) is 0 Å². The average molecular weight is 290 g/mol. The van der Waals surface area contributed by atoms with Gasteiger partial charge in [0.25, 0.3) is 5.82 Å². The summed E-state index contributed by atoms with van der Waals surface area (Å²) < 4.78 is 0. The van der Waals surface area contributed by atoms with Crippen LogP contribution in [0.15, 0.2) is 24.3 Å². The maximum atomic E-state index is 6.12. The summed E-state index contributed by atoms with van der Waals surface area (Å²) in [6.07, 6.45) is 1.33. The zero-order valence-corrected chi connectivity index (χ0v) is 13.2. The van der Waals surface area contributed by atoms with Crippen LogP contribution in [-0.4, -0.2) is 13.1 Å². The number of aromatic nitrogens is 1. The molecule has 1 N–H and O–H groups in total. The Labute approximate surface area is 125 Å². The van der Waals surface area contributed by atoms with E-state index in [-0.39, 0.29) is 0 Å². The lowest BCUT2D eigenvalue weighted by atomic mass is 9.92. The molecule has 2 heterocycles. The molecule has 20 heavy (non-hydrogen) atoms. The van der Waals surface area contributed by atoms with Crippen molar-refractivity contribution in [3.8, 4) is 0 Å². The number of piperidine rings is 1. The van der Waals surface area contributed by atoms with Crippen molar-refractivity contribution in [3.63, 3.8) is 0 Å². The van der Waals surface area contributed by atoms with Gasteiger partial charge in [-0.1, -0.05) is 25.4 Å². The maximum absolute atomic E-state index is 6.12. The molecule has 1 aromatic carbocycles. The predicted molar refractivity (Wildman–Crippen MR) is 85.4 cm³/mol. The Morgan fingerprint density at radius 3 is 2.55 bits per heavy atom. The van der Waals surface area contributed by atoms with Gasteiger partial charge < -0.3 is 0 Å². The molecule has 3 heteroatoms. The number of hydrogen-bond donors (Lipinski definition) is 0. The molecule has 0 spiro atoms. The third-order valence-corrected chi connectivity index (χ3v) is 4.47. The van der Waals surface area contributed by atoms with Gasteiger partial charge in [-0.2, -0.15) is 0 Å². The summed E-state index contributed by atoms with van der Waals surface area (Å²) in [5.74, 6) is 2.72. The molecular formula is C17H22ClN2+. The fourth-order valence-corrected chi connectivity index (χ4v) is 3.62. The minimum absolute atomic E-state index is 0.752. The highest BCUT2D eigenvalue weighted by Crippen LogP contribution is 2.27. The highest BCUT2D eigenvalue weighted by atomic mass is 35.5. The average Bonchev–Trinajstić information content (AvgIpc) is 2.36. The van der Waals surface area contributed by atoms with Crippen LogP contribution in [0.4, 0.5) is 5.82 Å². The van der Waals surface area contributed by atoms with Gasteiger partial charge in [-0.15, -0.1) is 0 Å². The number of nitrogens with zero attached hydrogens (tertiary/aromatic N) is 1. The second-order valence-corrected chi connectivity index (χ2v) is 6.81. The van der Waals surface area contributed by atoms with Gasteiger partial charge in [0.15, 0.2) is 0 Å². The smallest absolute Gasteiger partial charge is 0.261 e. The number of rotatable bonds is 1. The Kier molecular flexibility index (Phi) is 3.59. The van der Waals surface area contributed by atoms with Crippen molar-refractivity contribution >= 4 is 28.3 Å². The van der Waals surface area contributed by atoms with Crippen LogP contribution in [0.25, 0.3) is 10.9 Å². The molecule has 1 aliphatic heterocycles. The number of hydrogen-bond acceptors (Lipinski definition) is 1. The molecule has 1 aromatic heterocycles. The molecule has 1 aliphatic rings. The Hall–Kier alpha value is -1.28. The lowest BCUT2D eigenvalue weighted by molar-refractivity contribution is -0.331. The first-order chi connectivity index (χ1) is 9.52. The number of pyridine rings is 1. The van der Waals surface area contributed by atoms with Crippen molar-refractivity contribution in [3.05, 3.63) is 34.9 Å². The topological polar surface area (TPSA) is 17.4 Å². The van der Waals surface area contributed by atoms with Gasteiger partial charge in [-0.3, -0.25) is 4.90 Å². The monoisotopic (exact) mass is 289 g/mol. The Bertz CT molecular complexity index is 628. The second kappa shape index (κ2) is 5.25. The normalized spacial score (nSPS) is 23.3. The van der Waals surface area contributed by atoms with Crippen molar-refractivity contribution in [2.24, 2.45) is 11.8 Å². The maximum Gasteiger partial charge on any atom is 0.275 e. The van der Waals surface area contributed by atoms with E-state index >= 15 is 0 Å². The number of aromatic amines is 1. The minimum atomic E-state index is 0.752. The van der Waals surface area contributed by atoms with Crippen LogP contribution in [0.3, 0.4) is 0 Å². The number of halogens is 1. The summed E-state index contributed by atoms with van der Waals surface area (Å²) in [5, 5.41) is 2.03. The zero-order chi connectivity index (χ0) is 14.3. The molecule has 0 radical (unpaired) electrons. The van der Waals surface area contributed by atoms with Crippen LogP contribution in [0, 0.1) is 18.8 Å². The SMILES string of the molecule is Cc1cc(N2C[C@@H](C)C[C@H](C)C2)[nH+]c2cc(Cl)ccc12. The summed E-state index contributed by atoms with van der Waals surface area (Å²) in [6.45, 7) is 9.12.